The number of rotatable bonds is 20. The second kappa shape index (κ2) is 34.4. The number of likely N-dealkylation sites (N-methyl/N-ethyl adjacent to an activating group) is 2. The van der Waals surface area contributed by atoms with E-state index in [0.29, 0.717) is 84.6 Å². The molecule has 2 unspecified atom stereocenters. The second-order valence-corrected chi connectivity index (χ2v) is 33.9. The number of fused-ring (bicyclic) bond motifs is 12. The molecule has 12 aliphatic heterocycles. The fourth-order valence-electron chi connectivity index (χ4n) is 21.5. The summed E-state index contributed by atoms with van der Waals surface area (Å²) in [5.41, 5.74) is 20.0. The highest BCUT2D eigenvalue weighted by Crippen LogP contribution is 2.54. The molecule has 20 heteroatoms. The second-order valence-electron chi connectivity index (χ2n) is 33.9. The lowest BCUT2D eigenvalue weighted by Crippen LogP contribution is -2.49. The Morgan fingerprint density at radius 2 is 0.675 bits per heavy atom. The van der Waals surface area contributed by atoms with Crippen LogP contribution in [-0.4, -0.2) is 211 Å². The Morgan fingerprint density at radius 1 is 0.368 bits per heavy atom. The van der Waals surface area contributed by atoms with Crippen LogP contribution >= 0.6 is 0 Å². The van der Waals surface area contributed by atoms with Gasteiger partial charge in [0.15, 0.2) is 11.6 Å². The molecule has 0 saturated carbocycles. The van der Waals surface area contributed by atoms with Crippen molar-refractivity contribution in [2.75, 3.05) is 185 Å². The predicted molar refractivity (Wildman–Crippen MR) is 450 cm³/mol. The van der Waals surface area contributed by atoms with Crippen molar-refractivity contribution >= 4 is 57.1 Å². The maximum atomic E-state index is 13.1. The minimum atomic E-state index is -0.511. The van der Waals surface area contributed by atoms with Crippen molar-refractivity contribution in [2.24, 2.45) is 0 Å². The molecule has 4 N–H and O–H groups in total. The molecule has 8 aromatic rings. The summed E-state index contributed by atoms with van der Waals surface area (Å²) in [6, 6.07) is 53.7. The number of hydrogen-bond acceptors (Lipinski definition) is 16. The molecule has 4 fully saturated rings. The fraction of sp³-hybridized carbons (Fsp3) is 0.468. The minimum Gasteiger partial charge on any atom is -0.388 e. The zero-order valence-corrected chi connectivity index (χ0v) is 66.3. The summed E-state index contributed by atoms with van der Waals surface area (Å²) in [6.45, 7) is 21.4. The van der Waals surface area contributed by atoms with Crippen LogP contribution in [0.5, 0.6) is 0 Å². The molecule has 20 rings (SSSR count). The predicted octanol–water partition coefficient (Wildman–Crippen LogP) is 15.3. The summed E-state index contributed by atoms with van der Waals surface area (Å²) in [5.74, 6) is 1.42. The molecule has 114 heavy (non-hydrogen) atoms. The number of benzene rings is 8. The number of carbonyl (C=O) groups excluding carboxylic acids is 2. The quantitative estimate of drug-likeness (QED) is 0.0426. The third kappa shape index (κ3) is 16.2. The molecular formula is C94H112F4N12O4. The van der Waals surface area contributed by atoms with Gasteiger partial charge in [0.25, 0.3) is 0 Å². The first-order valence-electron chi connectivity index (χ1n) is 42.5. The van der Waals surface area contributed by atoms with Crippen LogP contribution in [0.25, 0.3) is 0 Å². The number of likely N-dealkylation sites (tertiary alicyclic amines) is 4. The van der Waals surface area contributed by atoms with Gasteiger partial charge in [-0.1, -0.05) is 72.8 Å². The Balaban J connectivity index is 0.000000110. The van der Waals surface area contributed by atoms with Crippen LogP contribution in [0.1, 0.15) is 167 Å². The summed E-state index contributed by atoms with van der Waals surface area (Å²) < 4.78 is 52.2. The zero-order valence-electron chi connectivity index (χ0n) is 66.3. The number of Topliss-reactive ketones (excluding diaryl/α,β-unsaturated/α-hetero) is 2. The van der Waals surface area contributed by atoms with Gasteiger partial charge in [-0.2, -0.15) is 0 Å². The number of aliphatic hydroxyl groups is 2. The van der Waals surface area contributed by atoms with Gasteiger partial charge in [-0.25, -0.2) is 17.6 Å². The average molecular weight is 1550 g/mol. The highest BCUT2D eigenvalue weighted by atomic mass is 19.1. The van der Waals surface area contributed by atoms with E-state index in [2.05, 4.69) is 147 Å². The molecule has 10 atom stereocenters. The van der Waals surface area contributed by atoms with Gasteiger partial charge in [0.2, 0.25) is 0 Å². The lowest BCUT2D eigenvalue weighted by Gasteiger charge is -2.41. The van der Waals surface area contributed by atoms with E-state index in [9.17, 15) is 37.4 Å². The van der Waals surface area contributed by atoms with Crippen LogP contribution < -0.4 is 40.0 Å². The van der Waals surface area contributed by atoms with Gasteiger partial charge >= 0.3 is 0 Å². The van der Waals surface area contributed by atoms with E-state index >= 15 is 0 Å². The number of anilines is 8. The molecule has 16 nitrogen and oxygen atoms in total. The molecule has 0 spiro atoms. The van der Waals surface area contributed by atoms with Crippen LogP contribution in [0.4, 0.5) is 63.1 Å². The third-order valence-corrected chi connectivity index (χ3v) is 27.2. The Bertz CT molecular complexity index is 4670. The van der Waals surface area contributed by atoms with Gasteiger partial charge in [-0.15, -0.1) is 0 Å². The largest absolute Gasteiger partial charge is 0.388 e. The normalized spacial score (nSPS) is 23.8. The first kappa shape index (κ1) is 77.5. The van der Waals surface area contributed by atoms with Gasteiger partial charge in [-0.05, 0) is 221 Å². The monoisotopic (exact) mass is 1550 g/mol. The zero-order chi connectivity index (χ0) is 78.1. The van der Waals surface area contributed by atoms with E-state index in [1.807, 2.05) is 0 Å². The summed E-state index contributed by atoms with van der Waals surface area (Å²) in [5, 5.41) is 27.9. The van der Waals surface area contributed by atoms with Gasteiger partial charge < -0.3 is 69.8 Å². The minimum absolute atomic E-state index is 0.105. The number of halogens is 4. The molecule has 0 radical (unpaired) electrons. The third-order valence-electron chi connectivity index (χ3n) is 27.2. The molecule has 0 aliphatic carbocycles. The van der Waals surface area contributed by atoms with Crippen molar-refractivity contribution in [2.45, 2.75) is 137 Å². The molecular weight excluding hydrogens is 1440 g/mol. The van der Waals surface area contributed by atoms with E-state index in [1.54, 1.807) is 48.5 Å². The number of para-hydroxylation sites is 4. The highest BCUT2D eigenvalue weighted by molar-refractivity contribution is 5.96. The van der Waals surface area contributed by atoms with Gasteiger partial charge in [-0.3, -0.25) is 9.59 Å². The average Bonchev–Trinajstić information content (AvgIpc) is 1.60. The van der Waals surface area contributed by atoms with Crippen LogP contribution in [-0.2, 0) is 0 Å². The van der Waals surface area contributed by atoms with Crippen molar-refractivity contribution in [1.82, 2.24) is 19.6 Å². The molecule has 4 saturated heterocycles. The number of nitrogens with zero attached hydrogens (tertiary/aromatic N) is 10. The van der Waals surface area contributed by atoms with Gasteiger partial charge in [0.1, 0.15) is 23.3 Å². The Labute approximate surface area is 670 Å². The van der Waals surface area contributed by atoms with Crippen molar-refractivity contribution in [1.29, 1.82) is 0 Å². The first-order chi connectivity index (χ1) is 55.6. The summed E-state index contributed by atoms with van der Waals surface area (Å²) in [6.07, 6.45) is 9.86. The standard InChI is InChI=1S/C24H30FN3O.C24H28FN3O.C23H28FN3O.C23H26FN3O/c2*1-26-14-15-28-21-11-13-27(16-20(21)19-4-2-5-22(26)24(19)28)12-3-6-23(29)17-7-9-18(25)10-8-17;2*24-17-8-6-16(7-9-17)22(28)5-2-12-26-13-10-21-19(15-26)18-3-1-4-20-23(18)27(21)14-11-25-20/h2,4-5,7-10,20-21,23,29H,3,6,11-16H2,1H3;2,4-5,7-10,20-21H,3,6,11-16H2,1H3;1,3-4,6-9,19,21-22,25,28H,2,5,10-15H2;1,3-4,6-9,19,21,25H,2,5,10-15H2/t20-,21-,23?;20-,21-;19-,21-,22?;19-,21-/m0000/s1. The lowest BCUT2D eigenvalue weighted by molar-refractivity contribution is 0.0963. The van der Waals surface area contributed by atoms with E-state index in [1.165, 1.54) is 142 Å². The molecule has 600 valence electrons. The summed E-state index contributed by atoms with van der Waals surface area (Å²) in [7, 11) is 4.40. The summed E-state index contributed by atoms with van der Waals surface area (Å²) in [4.78, 5) is 50.2. The van der Waals surface area contributed by atoms with Crippen molar-refractivity contribution in [3.63, 3.8) is 0 Å². The molecule has 0 amide bonds. The Kier molecular flexibility index (Phi) is 23.4. The molecule has 12 aliphatic rings. The van der Waals surface area contributed by atoms with E-state index in [0.717, 1.165) is 168 Å². The number of carbonyl (C=O) groups is 2. The van der Waals surface area contributed by atoms with E-state index < -0.39 is 12.2 Å². The lowest BCUT2D eigenvalue weighted by atomic mass is 9.89. The van der Waals surface area contributed by atoms with Crippen LogP contribution in [0.2, 0.25) is 0 Å². The number of nitrogens with one attached hydrogen (secondary N) is 2. The van der Waals surface area contributed by atoms with Gasteiger partial charge in [0.05, 0.1) is 57.7 Å². The Morgan fingerprint density at radius 3 is 1.03 bits per heavy atom. The number of piperidine rings is 4. The van der Waals surface area contributed by atoms with Crippen molar-refractivity contribution < 1.29 is 37.4 Å². The van der Waals surface area contributed by atoms with Crippen molar-refractivity contribution in [3.05, 3.63) is 238 Å². The van der Waals surface area contributed by atoms with E-state index in [4.69, 9.17) is 0 Å². The van der Waals surface area contributed by atoms with E-state index in [-0.39, 0.29) is 34.8 Å². The molecule has 0 bridgehead atoms. The SMILES string of the molecule is CN1CCN2c3c(cccc31)[C@@H]1CN(CCCC(=O)c3ccc(F)cc3)CC[C@@H]12.CN1CCN2c3c(cccc31)[C@@H]1CN(CCCC(O)c3ccc(F)cc3)CC[C@@H]12.O=C(CCCN1CC[C@H]2[C@@H](C1)c1cccc3c1N2CCN3)c1ccc(F)cc1.OC(CCCN1CC[C@H]2[C@@H](C1)c1cccc3c1N2CCN3)c1ccc(F)cc1. The van der Waals surface area contributed by atoms with Crippen LogP contribution in [0.15, 0.2) is 170 Å². The van der Waals surface area contributed by atoms with Crippen LogP contribution in [0, 0.1) is 23.3 Å². The number of aliphatic hydroxyl groups excluding tert-OH is 2. The smallest absolute Gasteiger partial charge is 0.162 e. The first-order valence-corrected chi connectivity index (χ1v) is 42.5. The summed E-state index contributed by atoms with van der Waals surface area (Å²) >= 11 is 0. The molecule has 8 aromatic carbocycles. The number of hydrogen-bond donors (Lipinski definition) is 4. The number of ketones is 2. The molecule has 12 heterocycles. The maximum Gasteiger partial charge on any atom is 0.162 e. The van der Waals surface area contributed by atoms with Crippen molar-refractivity contribution in [3.8, 4) is 0 Å². The topological polar surface area (TPSA) is 131 Å². The fourth-order valence-corrected chi connectivity index (χ4v) is 21.5. The maximum absolute atomic E-state index is 13.1. The molecule has 0 aromatic heterocycles. The Hall–Kier alpha value is -9.02. The highest BCUT2D eigenvalue weighted by Gasteiger charge is 2.49. The van der Waals surface area contributed by atoms with Gasteiger partial charge in [0, 0.05) is 191 Å². The van der Waals surface area contributed by atoms with Crippen LogP contribution in [0.3, 0.4) is 0 Å².